The van der Waals surface area contributed by atoms with Crippen LogP contribution in [0.4, 0.5) is 20.6 Å². The third kappa shape index (κ3) is 3.14. The summed E-state index contributed by atoms with van der Waals surface area (Å²) >= 11 is 0. The molecule has 7 nitrogen and oxygen atoms in total. The first-order valence-electron chi connectivity index (χ1n) is 8.10. The quantitative estimate of drug-likeness (QED) is 0.722. The fraction of sp³-hybridized carbons (Fsp3) is 0.529. The zero-order valence-corrected chi connectivity index (χ0v) is 14.5. The molecule has 0 bridgehead atoms. The summed E-state index contributed by atoms with van der Waals surface area (Å²) < 4.78 is 25.8. The van der Waals surface area contributed by atoms with Gasteiger partial charge in [0.25, 0.3) is 0 Å². The molecule has 1 atom stereocenters. The van der Waals surface area contributed by atoms with Gasteiger partial charge in [-0.15, -0.1) is 0 Å². The largest absolute Gasteiger partial charge is 0.489 e. The second kappa shape index (κ2) is 5.99. The van der Waals surface area contributed by atoms with Crippen LogP contribution in [0.25, 0.3) is 0 Å². The number of nitrogens with zero attached hydrogens (tertiary/aromatic N) is 3. The van der Waals surface area contributed by atoms with Crippen molar-refractivity contribution in [2.75, 3.05) is 36.9 Å². The van der Waals surface area contributed by atoms with Crippen LogP contribution in [0.1, 0.15) is 26.3 Å². The minimum Gasteiger partial charge on any atom is -0.489 e. The van der Waals surface area contributed by atoms with E-state index in [2.05, 4.69) is 0 Å². The molecule has 1 aromatic rings. The Bertz CT molecular complexity index is 754. The number of carbonyl (C=O) groups excluding carboxylic acids is 1. The third-order valence-corrected chi connectivity index (χ3v) is 4.20. The van der Waals surface area contributed by atoms with Gasteiger partial charge in [0.15, 0.2) is 5.82 Å². The number of anilines is 2. The number of carbonyl (C=O) groups is 1. The van der Waals surface area contributed by atoms with Crippen LogP contribution in [0.15, 0.2) is 6.07 Å². The van der Waals surface area contributed by atoms with Crippen LogP contribution in [-0.2, 0) is 4.74 Å². The summed E-state index contributed by atoms with van der Waals surface area (Å²) in [4.78, 5) is 15.7. The van der Waals surface area contributed by atoms with Crippen LogP contribution in [0.3, 0.4) is 0 Å². The molecule has 3 rings (SSSR count). The molecule has 1 amide bonds. The van der Waals surface area contributed by atoms with Gasteiger partial charge in [0.2, 0.25) is 0 Å². The van der Waals surface area contributed by atoms with E-state index in [0.29, 0.717) is 32.0 Å². The number of halogens is 1. The van der Waals surface area contributed by atoms with Gasteiger partial charge in [0.1, 0.15) is 35.3 Å². The maximum atomic E-state index is 14.7. The van der Waals surface area contributed by atoms with Crippen molar-refractivity contribution >= 4 is 17.5 Å². The van der Waals surface area contributed by atoms with Crippen LogP contribution in [0, 0.1) is 17.1 Å². The standard InChI is InChI=1S/C17H21FN4O3/c1-17(2,3)25-16(23)21-4-5-22-10(8-21)9-24-13-6-12(20)11(7-19)14(18)15(13)22/h6,10H,4-5,8-9,20H2,1-3H3/t10-/m0/s1. The lowest BCUT2D eigenvalue weighted by Crippen LogP contribution is -2.59. The molecule has 1 aromatic carbocycles. The van der Waals surface area contributed by atoms with Crippen molar-refractivity contribution < 1.29 is 18.7 Å². The Morgan fingerprint density at radius 1 is 1.48 bits per heavy atom. The van der Waals surface area contributed by atoms with Crippen molar-refractivity contribution in [3.8, 4) is 11.8 Å². The third-order valence-electron chi connectivity index (χ3n) is 4.20. The van der Waals surface area contributed by atoms with Gasteiger partial charge in [-0.05, 0) is 20.8 Å². The van der Waals surface area contributed by atoms with Crippen molar-refractivity contribution in [1.29, 1.82) is 5.26 Å². The van der Waals surface area contributed by atoms with Gasteiger partial charge >= 0.3 is 6.09 Å². The lowest BCUT2D eigenvalue weighted by atomic mass is 10.0. The highest BCUT2D eigenvalue weighted by Crippen LogP contribution is 2.41. The highest BCUT2D eigenvalue weighted by molar-refractivity contribution is 5.74. The van der Waals surface area contributed by atoms with Crippen molar-refractivity contribution in [3.05, 3.63) is 17.4 Å². The summed E-state index contributed by atoms with van der Waals surface area (Å²) in [5.41, 5.74) is 5.26. The van der Waals surface area contributed by atoms with Gasteiger partial charge in [0.05, 0.1) is 11.7 Å². The fourth-order valence-electron chi connectivity index (χ4n) is 3.10. The SMILES string of the molecule is CC(C)(C)OC(=O)N1CCN2c3c(cc(N)c(C#N)c3F)OC[C@@H]2C1. The van der Waals surface area contributed by atoms with Gasteiger partial charge in [-0.2, -0.15) is 5.26 Å². The van der Waals surface area contributed by atoms with E-state index in [1.54, 1.807) is 11.0 Å². The maximum absolute atomic E-state index is 14.7. The minimum atomic E-state index is -0.673. The monoisotopic (exact) mass is 348 g/mol. The zero-order valence-electron chi connectivity index (χ0n) is 14.5. The van der Waals surface area contributed by atoms with Crippen molar-refractivity contribution in [2.45, 2.75) is 32.4 Å². The summed E-state index contributed by atoms with van der Waals surface area (Å²) in [7, 11) is 0. The van der Waals surface area contributed by atoms with E-state index in [1.807, 2.05) is 25.7 Å². The maximum Gasteiger partial charge on any atom is 0.410 e. The number of rotatable bonds is 0. The molecular weight excluding hydrogens is 327 g/mol. The van der Waals surface area contributed by atoms with Crippen LogP contribution in [-0.4, -0.2) is 48.9 Å². The molecule has 0 radical (unpaired) electrons. The smallest absolute Gasteiger partial charge is 0.410 e. The number of nitriles is 1. The first-order valence-corrected chi connectivity index (χ1v) is 8.10. The van der Waals surface area contributed by atoms with Gasteiger partial charge in [-0.25, -0.2) is 9.18 Å². The van der Waals surface area contributed by atoms with Crippen LogP contribution in [0.2, 0.25) is 0 Å². The average molecular weight is 348 g/mol. The van der Waals surface area contributed by atoms with Crippen LogP contribution < -0.4 is 15.4 Å². The Hall–Kier alpha value is -2.69. The Labute approximate surface area is 145 Å². The summed E-state index contributed by atoms with van der Waals surface area (Å²) in [6.07, 6.45) is -0.395. The Balaban J connectivity index is 1.84. The second-order valence-corrected chi connectivity index (χ2v) is 7.20. The van der Waals surface area contributed by atoms with Crippen LogP contribution in [0.5, 0.6) is 5.75 Å². The highest BCUT2D eigenvalue weighted by Gasteiger charge is 2.38. The Morgan fingerprint density at radius 2 is 2.20 bits per heavy atom. The Kier molecular flexibility index (Phi) is 4.11. The van der Waals surface area contributed by atoms with E-state index in [9.17, 15) is 9.18 Å². The van der Waals surface area contributed by atoms with Gasteiger partial charge in [-0.1, -0.05) is 0 Å². The lowest BCUT2D eigenvalue weighted by molar-refractivity contribution is 0.0194. The molecule has 2 aliphatic heterocycles. The molecule has 0 aromatic heterocycles. The molecule has 8 heteroatoms. The number of fused-ring (bicyclic) bond motifs is 3. The van der Waals surface area contributed by atoms with E-state index >= 15 is 0 Å². The summed E-state index contributed by atoms with van der Waals surface area (Å²) in [6, 6.07) is 3.06. The van der Waals surface area contributed by atoms with E-state index in [4.69, 9.17) is 20.5 Å². The van der Waals surface area contributed by atoms with Gasteiger partial charge in [0, 0.05) is 25.7 Å². The molecule has 2 N–H and O–H groups in total. The van der Waals surface area contributed by atoms with E-state index in [1.165, 1.54) is 6.07 Å². The predicted molar refractivity (Wildman–Crippen MR) is 90.0 cm³/mol. The number of hydrogen-bond acceptors (Lipinski definition) is 6. The zero-order chi connectivity index (χ0) is 18.4. The molecule has 0 aliphatic carbocycles. The van der Waals surface area contributed by atoms with Gasteiger partial charge < -0.3 is 25.0 Å². The molecule has 25 heavy (non-hydrogen) atoms. The first kappa shape index (κ1) is 17.1. The molecule has 2 heterocycles. The molecule has 0 unspecified atom stereocenters. The highest BCUT2D eigenvalue weighted by atomic mass is 19.1. The summed E-state index contributed by atoms with van der Waals surface area (Å²) in [5, 5.41) is 9.12. The fourth-order valence-corrected chi connectivity index (χ4v) is 3.10. The molecule has 0 saturated carbocycles. The topological polar surface area (TPSA) is 91.8 Å². The minimum absolute atomic E-state index is 0.0598. The lowest BCUT2D eigenvalue weighted by Gasteiger charge is -2.45. The number of nitrogens with two attached hydrogens (primary N) is 1. The molecule has 0 spiro atoms. The number of ether oxygens (including phenoxy) is 2. The van der Waals surface area contributed by atoms with Crippen molar-refractivity contribution in [2.24, 2.45) is 0 Å². The molecule has 2 aliphatic rings. The molecular formula is C17H21FN4O3. The second-order valence-electron chi connectivity index (χ2n) is 7.20. The van der Waals surface area contributed by atoms with Crippen molar-refractivity contribution in [3.63, 3.8) is 0 Å². The number of hydrogen-bond donors (Lipinski definition) is 1. The molecule has 1 fully saturated rings. The average Bonchev–Trinajstić information content (AvgIpc) is 2.52. The number of piperazine rings is 1. The van der Waals surface area contributed by atoms with Crippen LogP contribution >= 0.6 is 0 Å². The normalized spacial score (nSPS) is 19.4. The predicted octanol–water partition coefficient (Wildman–Crippen LogP) is 2.10. The molecule has 1 saturated heterocycles. The van der Waals surface area contributed by atoms with E-state index < -0.39 is 17.5 Å². The van der Waals surface area contributed by atoms with E-state index in [0.717, 1.165) is 0 Å². The molecule has 134 valence electrons. The van der Waals surface area contributed by atoms with Gasteiger partial charge in [-0.3, -0.25) is 0 Å². The first-order chi connectivity index (χ1) is 11.7. The Morgan fingerprint density at radius 3 is 2.84 bits per heavy atom. The summed E-state index contributed by atoms with van der Waals surface area (Å²) in [6.45, 7) is 6.92. The van der Waals surface area contributed by atoms with E-state index in [-0.39, 0.29) is 23.0 Å². The van der Waals surface area contributed by atoms with Crippen molar-refractivity contribution in [1.82, 2.24) is 4.90 Å². The number of amides is 1. The summed E-state index contributed by atoms with van der Waals surface area (Å²) in [5.74, 6) is -0.344. The number of benzene rings is 1. The number of nitrogen functional groups attached to an aromatic ring is 1.